The molecule has 2 rings (SSSR count). The van der Waals surface area contributed by atoms with Crippen LogP contribution in [-0.2, 0) is 9.53 Å². The summed E-state index contributed by atoms with van der Waals surface area (Å²) >= 11 is 0. The van der Waals surface area contributed by atoms with Gasteiger partial charge in [-0.1, -0.05) is 19.3 Å². The molecule has 0 aromatic carbocycles. The lowest BCUT2D eigenvalue weighted by atomic mass is 9.90. The number of ether oxygens (including phenoxy) is 1. The average molecular weight is 254 g/mol. The number of amides is 1. The van der Waals surface area contributed by atoms with E-state index < -0.39 is 5.60 Å². The van der Waals surface area contributed by atoms with E-state index in [1.807, 2.05) is 4.90 Å². The Balaban J connectivity index is 2.02. The highest BCUT2D eigenvalue weighted by Gasteiger charge is 2.42. The van der Waals surface area contributed by atoms with Crippen molar-refractivity contribution in [3.8, 4) is 0 Å². The van der Waals surface area contributed by atoms with Crippen LogP contribution in [0, 0.1) is 0 Å². The molecule has 2 heterocycles. The van der Waals surface area contributed by atoms with E-state index in [-0.39, 0.29) is 5.91 Å². The maximum atomic E-state index is 12.7. The number of hydrogen-bond acceptors (Lipinski definition) is 3. The first-order chi connectivity index (χ1) is 8.78. The lowest BCUT2D eigenvalue weighted by molar-refractivity contribution is -0.158. The van der Waals surface area contributed by atoms with Gasteiger partial charge in [0, 0.05) is 20.2 Å². The average Bonchev–Trinajstić information content (AvgIpc) is 2.38. The van der Waals surface area contributed by atoms with Crippen LogP contribution in [0.25, 0.3) is 0 Å². The van der Waals surface area contributed by atoms with E-state index in [2.05, 4.69) is 5.32 Å². The molecule has 0 saturated carbocycles. The summed E-state index contributed by atoms with van der Waals surface area (Å²) in [5.41, 5.74) is -0.551. The van der Waals surface area contributed by atoms with Crippen molar-refractivity contribution in [3.05, 3.63) is 0 Å². The van der Waals surface area contributed by atoms with E-state index in [0.29, 0.717) is 0 Å². The van der Waals surface area contributed by atoms with Crippen molar-refractivity contribution in [1.29, 1.82) is 0 Å². The van der Waals surface area contributed by atoms with Crippen LogP contribution in [0.4, 0.5) is 0 Å². The topological polar surface area (TPSA) is 41.6 Å². The summed E-state index contributed by atoms with van der Waals surface area (Å²) in [6, 6.07) is 0. The van der Waals surface area contributed by atoms with Crippen LogP contribution >= 0.6 is 0 Å². The Kier molecular flexibility index (Phi) is 5.01. The van der Waals surface area contributed by atoms with E-state index in [9.17, 15) is 4.79 Å². The van der Waals surface area contributed by atoms with Crippen LogP contribution in [-0.4, -0.2) is 49.7 Å². The number of nitrogens with one attached hydrogen (secondary N) is 1. The summed E-state index contributed by atoms with van der Waals surface area (Å²) < 4.78 is 5.63. The molecule has 1 amide bonds. The molecular formula is C14H26N2O2. The monoisotopic (exact) mass is 254 g/mol. The predicted molar refractivity (Wildman–Crippen MR) is 71.5 cm³/mol. The third-order valence-corrected chi connectivity index (χ3v) is 4.34. The highest BCUT2D eigenvalue weighted by atomic mass is 16.5. The summed E-state index contributed by atoms with van der Waals surface area (Å²) in [7, 11) is 1.69. The van der Waals surface area contributed by atoms with Gasteiger partial charge in [0.15, 0.2) is 0 Å². The maximum Gasteiger partial charge on any atom is 0.254 e. The molecule has 0 unspecified atom stereocenters. The number of nitrogens with zero attached hydrogens (tertiary/aromatic N) is 1. The summed E-state index contributed by atoms with van der Waals surface area (Å²) in [5.74, 6) is 0.230. The van der Waals surface area contributed by atoms with Crippen LogP contribution in [0.1, 0.15) is 44.9 Å². The molecule has 2 saturated heterocycles. The van der Waals surface area contributed by atoms with E-state index in [1.165, 1.54) is 19.3 Å². The van der Waals surface area contributed by atoms with Gasteiger partial charge in [0.25, 0.3) is 5.91 Å². The van der Waals surface area contributed by atoms with Gasteiger partial charge in [0.1, 0.15) is 5.60 Å². The first-order valence-corrected chi connectivity index (χ1v) is 7.34. The summed E-state index contributed by atoms with van der Waals surface area (Å²) in [6.07, 6.45) is 7.73. The SMILES string of the molecule is COC1(C(=O)N2CCCCCCC2)CCNCC1. The Morgan fingerprint density at radius 1 is 1.06 bits per heavy atom. The standard InChI is InChI=1S/C14H26N2O2/c1-18-14(7-9-15-10-8-14)13(17)16-11-5-3-2-4-6-12-16/h15H,2-12H2,1H3. The third kappa shape index (κ3) is 3.04. The summed E-state index contributed by atoms with van der Waals surface area (Å²) in [4.78, 5) is 14.8. The Bertz CT molecular complexity index is 267. The molecule has 0 atom stereocenters. The fourth-order valence-corrected chi connectivity index (χ4v) is 3.07. The number of rotatable bonds is 2. The minimum absolute atomic E-state index is 0.230. The maximum absolute atomic E-state index is 12.7. The second-order valence-corrected chi connectivity index (χ2v) is 5.51. The van der Waals surface area contributed by atoms with Gasteiger partial charge in [-0.25, -0.2) is 0 Å². The molecule has 0 bridgehead atoms. The van der Waals surface area contributed by atoms with Crippen molar-refractivity contribution >= 4 is 5.91 Å². The quantitative estimate of drug-likeness (QED) is 0.813. The molecule has 0 radical (unpaired) electrons. The molecule has 2 aliphatic heterocycles. The molecule has 0 aromatic heterocycles. The Morgan fingerprint density at radius 3 is 2.17 bits per heavy atom. The minimum atomic E-state index is -0.551. The normalized spacial score (nSPS) is 25.3. The smallest absolute Gasteiger partial charge is 0.254 e. The zero-order valence-corrected chi connectivity index (χ0v) is 11.5. The summed E-state index contributed by atoms with van der Waals surface area (Å²) in [6.45, 7) is 3.59. The van der Waals surface area contributed by atoms with Crippen molar-refractivity contribution in [2.75, 3.05) is 33.3 Å². The number of methoxy groups -OCH3 is 1. The zero-order chi connectivity index (χ0) is 12.8. The Hall–Kier alpha value is -0.610. The molecule has 1 N–H and O–H groups in total. The fraction of sp³-hybridized carbons (Fsp3) is 0.929. The van der Waals surface area contributed by atoms with Crippen LogP contribution in [0.2, 0.25) is 0 Å². The van der Waals surface area contributed by atoms with Crippen LogP contribution < -0.4 is 5.32 Å². The van der Waals surface area contributed by atoms with Gasteiger partial charge >= 0.3 is 0 Å². The van der Waals surface area contributed by atoms with Crippen molar-refractivity contribution in [2.24, 2.45) is 0 Å². The number of likely N-dealkylation sites (tertiary alicyclic amines) is 1. The predicted octanol–water partition coefficient (Wildman–Crippen LogP) is 1.55. The molecule has 4 nitrogen and oxygen atoms in total. The Morgan fingerprint density at radius 2 is 1.61 bits per heavy atom. The van der Waals surface area contributed by atoms with Gasteiger partial charge in [-0.15, -0.1) is 0 Å². The van der Waals surface area contributed by atoms with E-state index >= 15 is 0 Å². The van der Waals surface area contributed by atoms with E-state index in [1.54, 1.807) is 7.11 Å². The largest absolute Gasteiger partial charge is 0.368 e. The van der Waals surface area contributed by atoms with Gasteiger partial charge in [-0.2, -0.15) is 0 Å². The number of carbonyl (C=O) groups excluding carboxylic acids is 1. The lowest BCUT2D eigenvalue weighted by Gasteiger charge is -2.39. The molecule has 2 fully saturated rings. The first-order valence-electron chi connectivity index (χ1n) is 7.34. The van der Waals surface area contributed by atoms with Crippen molar-refractivity contribution in [3.63, 3.8) is 0 Å². The van der Waals surface area contributed by atoms with Crippen LogP contribution in [0.3, 0.4) is 0 Å². The van der Waals surface area contributed by atoms with E-state index in [0.717, 1.165) is 51.9 Å². The number of hydrogen-bond donors (Lipinski definition) is 1. The highest BCUT2D eigenvalue weighted by molar-refractivity contribution is 5.85. The van der Waals surface area contributed by atoms with Gasteiger partial charge in [-0.3, -0.25) is 4.79 Å². The van der Waals surface area contributed by atoms with Crippen LogP contribution in [0.15, 0.2) is 0 Å². The van der Waals surface area contributed by atoms with Gasteiger partial charge in [0.2, 0.25) is 0 Å². The van der Waals surface area contributed by atoms with Crippen molar-refractivity contribution < 1.29 is 9.53 Å². The zero-order valence-electron chi connectivity index (χ0n) is 11.5. The molecule has 18 heavy (non-hydrogen) atoms. The lowest BCUT2D eigenvalue weighted by Crippen LogP contribution is -2.55. The highest BCUT2D eigenvalue weighted by Crippen LogP contribution is 2.26. The molecule has 0 aliphatic carbocycles. The number of piperidine rings is 1. The second-order valence-electron chi connectivity index (χ2n) is 5.51. The van der Waals surface area contributed by atoms with E-state index in [4.69, 9.17) is 4.74 Å². The Labute approximate surface area is 110 Å². The molecule has 0 spiro atoms. The van der Waals surface area contributed by atoms with Gasteiger partial charge in [-0.05, 0) is 38.8 Å². The summed E-state index contributed by atoms with van der Waals surface area (Å²) in [5, 5.41) is 3.30. The second kappa shape index (κ2) is 6.53. The minimum Gasteiger partial charge on any atom is -0.368 e. The van der Waals surface area contributed by atoms with Crippen molar-refractivity contribution in [1.82, 2.24) is 10.2 Å². The molecular weight excluding hydrogens is 228 g/mol. The fourth-order valence-electron chi connectivity index (χ4n) is 3.07. The molecule has 0 aromatic rings. The van der Waals surface area contributed by atoms with Crippen molar-refractivity contribution in [2.45, 2.75) is 50.5 Å². The molecule has 2 aliphatic rings. The third-order valence-electron chi connectivity index (χ3n) is 4.34. The van der Waals surface area contributed by atoms with Gasteiger partial charge in [0.05, 0.1) is 0 Å². The van der Waals surface area contributed by atoms with Gasteiger partial charge < -0.3 is 15.0 Å². The van der Waals surface area contributed by atoms with Crippen LogP contribution in [0.5, 0.6) is 0 Å². The molecule has 4 heteroatoms. The number of carbonyl (C=O) groups is 1. The molecule has 104 valence electrons. The first kappa shape index (κ1) is 13.8.